The Morgan fingerprint density at radius 3 is 2.42 bits per heavy atom. The Hall–Kier alpha value is -1.63. The zero-order chi connectivity index (χ0) is 18.7. The maximum atomic E-state index is 13.1. The van der Waals surface area contributed by atoms with E-state index in [0.717, 1.165) is 37.5 Å². The minimum atomic E-state index is -0.829. The molecule has 4 rings (SSSR count). The Morgan fingerprint density at radius 2 is 1.81 bits per heavy atom. The lowest BCUT2D eigenvalue weighted by Crippen LogP contribution is -2.54. The minimum absolute atomic E-state index is 0.0000225. The van der Waals surface area contributed by atoms with Gasteiger partial charge in [0.15, 0.2) is 0 Å². The molecule has 0 bridgehead atoms. The van der Waals surface area contributed by atoms with Crippen molar-refractivity contribution in [2.75, 3.05) is 32.7 Å². The SMILES string of the molecule is CC1CC(C)(C)CC2(C1)NC(=O)N(CC(=O)N1C[C@H]3CNC[C@H]3C1)C2=O. The monoisotopic (exact) mass is 362 g/mol. The van der Waals surface area contributed by atoms with Crippen LogP contribution in [0.2, 0.25) is 0 Å². The quantitative estimate of drug-likeness (QED) is 0.712. The second kappa shape index (κ2) is 5.94. The maximum Gasteiger partial charge on any atom is 0.325 e. The summed E-state index contributed by atoms with van der Waals surface area (Å²) in [5, 5.41) is 6.30. The molecule has 26 heavy (non-hydrogen) atoms. The fourth-order valence-corrected chi connectivity index (χ4v) is 5.94. The molecule has 0 radical (unpaired) electrons. The van der Waals surface area contributed by atoms with Crippen LogP contribution in [0, 0.1) is 23.2 Å². The summed E-state index contributed by atoms with van der Waals surface area (Å²) in [6.45, 7) is 9.66. The second-order valence-corrected chi connectivity index (χ2v) is 9.74. The Bertz CT molecular complexity index is 637. The van der Waals surface area contributed by atoms with Gasteiger partial charge in [0.05, 0.1) is 0 Å². The van der Waals surface area contributed by atoms with Crippen LogP contribution in [0.3, 0.4) is 0 Å². The van der Waals surface area contributed by atoms with Crippen LogP contribution in [0.15, 0.2) is 0 Å². The van der Waals surface area contributed by atoms with Crippen molar-refractivity contribution in [2.45, 2.75) is 45.6 Å². The number of hydrogen-bond acceptors (Lipinski definition) is 4. The molecule has 3 aliphatic heterocycles. The van der Waals surface area contributed by atoms with Crippen molar-refractivity contribution in [1.82, 2.24) is 20.4 Å². The van der Waals surface area contributed by atoms with Gasteiger partial charge < -0.3 is 15.5 Å². The first-order chi connectivity index (χ1) is 12.2. The Balaban J connectivity index is 1.45. The summed E-state index contributed by atoms with van der Waals surface area (Å²) in [6.07, 6.45) is 2.34. The molecule has 3 saturated heterocycles. The molecule has 2 unspecified atom stereocenters. The van der Waals surface area contributed by atoms with Crippen LogP contribution in [-0.4, -0.2) is 65.9 Å². The van der Waals surface area contributed by atoms with E-state index in [1.807, 2.05) is 4.90 Å². The lowest BCUT2D eigenvalue weighted by molar-refractivity contribution is -0.140. The van der Waals surface area contributed by atoms with Gasteiger partial charge in [0.1, 0.15) is 12.1 Å². The van der Waals surface area contributed by atoms with Gasteiger partial charge in [-0.05, 0) is 42.4 Å². The third kappa shape index (κ3) is 2.90. The van der Waals surface area contributed by atoms with Crippen LogP contribution in [0.5, 0.6) is 0 Å². The highest BCUT2D eigenvalue weighted by atomic mass is 16.2. The van der Waals surface area contributed by atoms with Crippen molar-refractivity contribution in [3.8, 4) is 0 Å². The number of hydrogen-bond donors (Lipinski definition) is 2. The molecule has 7 heteroatoms. The van der Waals surface area contributed by atoms with Gasteiger partial charge in [-0.2, -0.15) is 0 Å². The number of carbonyl (C=O) groups excluding carboxylic acids is 3. The molecule has 1 aliphatic carbocycles. The van der Waals surface area contributed by atoms with Crippen LogP contribution in [-0.2, 0) is 9.59 Å². The number of amides is 4. The predicted molar refractivity (Wildman–Crippen MR) is 96.2 cm³/mol. The van der Waals surface area contributed by atoms with Crippen LogP contribution < -0.4 is 10.6 Å². The number of carbonyl (C=O) groups is 3. The molecule has 1 spiro atoms. The average molecular weight is 362 g/mol. The van der Waals surface area contributed by atoms with E-state index in [4.69, 9.17) is 0 Å². The molecule has 1 saturated carbocycles. The average Bonchev–Trinajstić information content (AvgIpc) is 3.14. The summed E-state index contributed by atoms with van der Waals surface area (Å²) in [5.41, 5.74) is -0.829. The number of nitrogens with one attached hydrogen (secondary N) is 2. The number of nitrogens with zero attached hydrogens (tertiary/aromatic N) is 2. The van der Waals surface area contributed by atoms with Crippen molar-refractivity contribution in [2.24, 2.45) is 23.2 Å². The molecule has 0 aromatic rings. The van der Waals surface area contributed by atoms with Gasteiger partial charge in [-0.1, -0.05) is 20.8 Å². The third-order valence-corrected chi connectivity index (χ3v) is 6.66. The van der Waals surface area contributed by atoms with Gasteiger partial charge in [-0.15, -0.1) is 0 Å². The largest absolute Gasteiger partial charge is 0.340 e. The number of fused-ring (bicyclic) bond motifs is 1. The summed E-state index contributed by atoms with van der Waals surface area (Å²) >= 11 is 0. The number of imide groups is 1. The van der Waals surface area contributed by atoms with E-state index in [1.54, 1.807) is 0 Å². The van der Waals surface area contributed by atoms with Gasteiger partial charge in [0, 0.05) is 26.2 Å². The van der Waals surface area contributed by atoms with E-state index < -0.39 is 11.6 Å². The molecule has 0 aromatic carbocycles. The first kappa shape index (κ1) is 17.8. The summed E-state index contributed by atoms with van der Waals surface area (Å²) in [5.74, 6) is 1.06. The molecule has 4 fully saturated rings. The van der Waals surface area contributed by atoms with Gasteiger partial charge in [-0.3, -0.25) is 14.5 Å². The molecule has 3 heterocycles. The number of rotatable bonds is 2. The van der Waals surface area contributed by atoms with E-state index >= 15 is 0 Å². The van der Waals surface area contributed by atoms with E-state index in [1.165, 1.54) is 0 Å². The standard InChI is InChI=1S/C19H30N4O3/c1-12-4-18(2,3)11-19(5-12)16(25)23(17(26)21-19)10-15(24)22-8-13-6-20-7-14(13)9-22/h12-14,20H,4-11H2,1-3H3,(H,21,26)/t12?,13-,14+,19?. The van der Waals surface area contributed by atoms with E-state index in [-0.39, 0.29) is 23.8 Å². The highest BCUT2D eigenvalue weighted by molar-refractivity contribution is 6.09. The van der Waals surface area contributed by atoms with Crippen molar-refractivity contribution in [3.63, 3.8) is 0 Å². The van der Waals surface area contributed by atoms with E-state index in [0.29, 0.717) is 30.6 Å². The molecular weight excluding hydrogens is 332 g/mol. The summed E-state index contributed by atoms with van der Waals surface area (Å²) < 4.78 is 0. The lowest BCUT2D eigenvalue weighted by atomic mass is 9.64. The zero-order valence-electron chi connectivity index (χ0n) is 16.0. The zero-order valence-corrected chi connectivity index (χ0v) is 16.0. The smallest absolute Gasteiger partial charge is 0.325 e. The summed E-state index contributed by atoms with van der Waals surface area (Å²) in [7, 11) is 0. The molecule has 4 aliphatic rings. The molecule has 2 N–H and O–H groups in total. The van der Waals surface area contributed by atoms with Crippen LogP contribution in [0.25, 0.3) is 0 Å². The van der Waals surface area contributed by atoms with Gasteiger partial charge >= 0.3 is 6.03 Å². The van der Waals surface area contributed by atoms with E-state index in [2.05, 4.69) is 31.4 Å². The first-order valence-electron chi connectivity index (χ1n) is 9.82. The Labute approximate surface area is 154 Å². The third-order valence-electron chi connectivity index (χ3n) is 6.66. The summed E-state index contributed by atoms with van der Waals surface area (Å²) in [6, 6.07) is -0.408. The topological polar surface area (TPSA) is 81.8 Å². The Morgan fingerprint density at radius 1 is 1.15 bits per heavy atom. The van der Waals surface area contributed by atoms with Gasteiger partial charge in [0.25, 0.3) is 5.91 Å². The number of likely N-dealkylation sites (tertiary alicyclic amines) is 1. The molecule has 0 aromatic heterocycles. The Kier molecular flexibility index (Phi) is 4.06. The molecule has 4 amide bonds. The van der Waals surface area contributed by atoms with Gasteiger partial charge in [-0.25, -0.2) is 4.79 Å². The second-order valence-electron chi connectivity index (χ2n) is 9.74. The predicted octanol–water partition coefficient (Wildman–Crippen LogP) is 0.801. The highest BCUT2D eigenvalue weighted by Gasteiger charge is 2.56. The maximum absolute atomic E-state index is 13.1. The fourth-order valence-electron chi connectivity index (χ4n) is 5.94. The normalized spacial score (nSPS) is 38.8. The minimum Gasteiger partial charge on any atom is -0.340 e. The molecule has 4 atom stereocenters. The lowest BCUT2D eigenvalue weighted by Gasteiger charge is -2.43. The van der Waals surface area contributed by atoms with Crippen molar-refractivity contribution in [3.05, 3.63) is 0 Å². The van der Waals surface area contributed by atoms with Gasteiger partial charge in [0.2, 0.25) is 5.91 Å². The fraction of sp³-hybridized carbons (Fsp3) is 0.842. The molecule has 144 valence electrons. The summed E-state index contributed by atoms with van der Waals surface area (Å²) in [4.78, 5) is 41.4. The highest BCUT2D eigenvalue weighted by Crippen LogP contribution is 2.46. The van der Waals surface area contributed by atoms with Crippen LogP contribution >= 0.6 is 0 Å². The van der Waals surface area contributed by atoms with Crippen molar-refractivity contribution < 1.29 is 14.4 Å². The van der Waals surface area contributed by atoms with Crippen LogP contribution in [0.1, 0.15) is 40.0 Å². The van der Waals surface area contributed by atoms with Crippen molar-refractivity contribution >= 4 is 17.8 Å². The molecular formula is C19H30N4O3. The van der Waals surface area contributed by atoms with E-state index in [9.17, 15) is 14.4 Å². The number of urea groups is 1. The van der Waals surface area contributed by atoms with Crippen LogP contribution in [0.4, 0.5) is 4.79 Å². The first-order valence-corrected chi connectivity index (χ1v) is 9.82. The van der Waals surface area contributed by atoms with Crippen molar-refractivity contribution in [1.29, 1.82) is 0 Å². The molecule has 7 nitrogen and oxygen atoms in total.